The van der Waals surface area contributed by atoms with Gasteiger partial charge >= 0.3 is 11.9 Å². The average molecular weight is 1100 g/mol. The molecule has 17 nitrogen and oxygen atoms in total. The van der Waals surface area contributed by atoms with Gasteiger partial charge in [-0.05, 0) is 146 Å². The lowest BCUT2D eigenvalue weighted by Gasteiger charge is -2.39. The number of carbonyl (C=O) groups is 4. The molecule has 4 unspecified atom stereocenters. The Morgan fingerprint density at radius 3 is 2.26 bits per heavy atom. The second-order valence-corrected chi connectivity index (χ2v) is 20.1. The molecule has 2 aliphatic carbocycles. The monoisotopic (exact) mass is 1100 g/mol. The molecule has 5 aromatic carbocycles. The molecule has 0 saturated carbocycles. The molecular formula is C64H66N2O15. The Morgan fingerprint density at radius 1 is 0.753 bits per heavy atom. The molecule has 0 aromatic heterocycles. The maximum atomic E-state index is 15.2. The lowest BCUT2D eigenvalue weighted by atomic mass is 9.78. The third-order valence-corrected chi connectivity index (χ3v) is 15.1. The number of phenols is 1. The van der Waals surface area contributed by atoms with Gasteiger partial charge in [0.2, 0.25) is 11.7 Å². The Kier molecular flexibility index (Phi) is 18.1. The first-order chi connectivity index (χ1) is 39.3. The molecule has 81 heavy (non-hydrogen) atoms. The van der Waals surface area contributed by atoms with Gasteiger partial charge in [0.1, 0.15) is 35.0 Å². The number of esters is 1. The van der Waals surface area contributed by atoms with E-state index in [0.29, 0.717) is 112 Å². The van der Waals surface area contributed by atoms with E-state index >= 15 is 4.79 Å². The lowest BCUT2D eigenvalue weighted by molar-refractivity contribution is -0.163. The number of aryl methyl sites for hydroxylation is 1. The topological polar surface area (TPSA) is 219 Å². The molecule has 3 N–H and O–H groups in total. The van der Waals surface area contributed by atoms with Crippen LogP contribution in [0.5, 0.6) is 40.2 Å². The number of hydrogen-bond acceptors (Lipinski definition) is 14. The van der Waals surface area contributed by atoms with E-state index in [1.165, 1.54) is 39.5 Å². The van der Waals surface area contributed by atoms with Crippen LogP contribution in [0.4, 0.5) is 0 Å². The zero-order valence-electron chi connectivity index (χ0n) is 46.0. The number of aromatic hydroxyl groups is 1. The number of piperidine rings is 1. The summed E-state index contributed by atoms with van der Waals surface area (Å²) < 4.78 is 47.1. The van der Waals surface area contributed by atoms with Crippen LogP contribution in [0.2, 0.25) is 0 Å². The van der Waals surface area contributed by atoms with E-state index in [1.54, 1.807) is 73.7 Å². The zero-order valence-corrected chi connectivity index (χ0v) is 46.0. The van der Waals surface area contributed by atoms with Crippen molar-refractivity contribution >= 4 is 34.7 Å². The molecule has 5 aromatic rings. The molecule has 4 atom stereocenters. The molecule has 17 heteroatoms. The fraction of sp³-hybridized carbons (Fsp3) is 0.328. The Morgan fingerprint density at radius 2 is 1.53 bits per heavy atom. The highest BCUT2D eigenvalue weighted by atomic mass is 16.5. The van der Waals surface area contributed by atoms with Gasteiger partial charge in [-0.15, -0.1) is 0 Å². The minimum absolute atomic E-state index is 0.155. The molecule has 2 amide bonds. The number of likely N-dealkylation sites (tertiary alicyclic amines) is 1. The number of phenolic OH excluding ortho intramolecular Hbond substituents is 1. The second-order valence-electron chi connectivity index (χ2n) is 20.1. The van der Waals surface area contributed by atoms with Crippen LogP contribution in [0.25, 0.3) is 33.4 Å². The largest absolute Gasteiger partial charge is 0.507 e. The van der Waals surface area contributed by atoms with Crippen molar-refractivity contribution in [3.63, 3.8) is 0 Å². The number of allylic oxidation sites excluding steroid dienone is 2. The van der Waals surface area contributed by atoms with Crippen molar-refractivity contribution in [3.8, 4) is 62.7 Å². The highest BCUT2D eigenvalue weighted by Gasteiger charge is 2.41. The molecule has 0 radical (unpaired) electrons. The summed E-state index contributed by atoms with van der Waals surface area (Å²) in [6.07, 6.45) is 8.29. The number of carbonyl (C=O) groups excluding carboxylic acids is 3. The number of nitrogens with one attached hydrogen (secondary N) is 1. The van der Waals surface area contributed by atoms with Gasteiger partial charge in [0.15, 0.2) is 35.0 Å². The summed E-state index contributed by atoms with van der Waals surface area (Å²) in [6, 6.07) is 29.8. The average Bonchev–Trinajstić information content (AvgIpc) is 3.57. The number of amides is 2. The van der Waals surface area contributed by atoms with Gasteiger partial charge in [-0.1, -0.05) is 54.6 Å². The molecule has 0 bridgehead atoms. The molecule has 9 rings (SSSR count). The highest BCUT2D eigenvalue weighted by molar-refractivity contribution is 6.04. The second kappa shape index (κ2) is 25.9. The zero-order chi connectivity index (χ0) is 57.2. The minimum atomic E-state index is -1.02. The normalized spacial score (nSPS) is 15.8. The van der Waals surface area contributed by atoms with Gasteiger partial charge in [0.25, 0.3) is 5.91 Å². The van der Waals surface area contributed by atoms with E-state index in [9.17, 15) is 29.4 Å². The summed E-state index contributed by atoms with van der Waals surface area (Å²) in [5.41, 5.74) is 4.57. The van der Waals surface area contributed by atoms with E-state index in [-0.39, 0.29) is 52.9 Å². The molecule has 2 heterocycles. The third kappa shape index (κ3) is 12.7. The van der Waals surface area contributed by atoms with Crippen LogP contribution < -0.4 is 39.2 Å². The van der Waals surface area contributed by atoms with Crippen molar-refractivity contribution in [3.05, 3.63) is 159 Å². The Hall–Kier alpha value is -8.99. The van der Waals surface area contributed by atoms with Crippen LogP contribution in [0.1, 0.15) is 84.8 Å². The van der Waals surface area contributed by atoms with Crippen molar-refractivity contribution in [2.24, 2.45) is 5.92 Å². The van der Waals surface area contributed by atoms with Gasteiger partial charge in [-0.25, -0.2) is 4.79 Å². The number of benzene rings is 6. The SMILES string of the molecule is COc1ccc(CCC(OC(=O)C2CCCCN2C(=O)C(c2cc(OC)c(OC)c(OC)c2)C2C=CCCC2)c2cccc(OCC(=O)NCc3c(O)ccc4c(-c5ccccc5CC(=O)O)c5ccc(=O)cc-5oc34)c2)cc1OC. The number of fused-ring (bicyclic) bond motifs is 2. The predicted octanol–water partition coefficient (Wildman–Crippen LogP) is 10.4. The summed E-state index contributed by atoms with van der Waals surface area (Å²) in [5, 5.41) is 24.3. The van der Waals surface area contributed by atoms with Crippen LogP contribution >= 0.6 is 0 Å². The molecule has 422 valence electrons. The number of nitrogens with zero attached hydrogens (tertiary/aromatic N) is 1. The number of rotatable bonds is 22. The number of carboxylic acid groups (broad SMARTS) is 1. The van der Waals surface area contributed by atoms with Crippen LogP contribution in [-0.2, 0) is 43.3 Å². The number of hydrogen-bond donors (Lipinski definition) is 3. The summed E-state index contributed by atoms with van der Waals surface area (Å²) >= 11 is 0. The lowest BCUT2D eigenvalue weighted by Crippen LogP contribution is -2.51. The summed E-state index contributed by atoms with van der Waals surface area (Å²) in [4.78, 5) is 70.0. The number of ether oxygens (including phenoxy) is 7. The van der Waals surface area contributed by atoms with Gasteiger partial charge in [-0.2, -0.15) is 0 Å². The molecule has 2 aliphatic heterocycles. The van der Waals surface area contributed by atoms with Crippen LogP contribution in [0.3, 0.4) is 0 Å². The molecule has 1 fully saturated rings. The van der Waals surface area contributed by atoms with Crippen molar-refractivity contribution in [1.29, 1.82) is 0 Å². The van der Waals surface area contributed by atoms with Gasteiger partial charge in [0, 0.05) is 29.1 Å². The maximum Gasteiger partial charge on any atom is 0.329 e. The van der Waals surface area contributed by atoms with E-state index in [4.69, 9.17) is 37.6 Å². The molecule has 0 spiro atoms. The van der Waals surface area contributed by atoms with E-state index in [0.717, 1.165) is 24.8 Å². The van der Waals surface area contributed by atoms with Crippen molar-refractivity contribution in [2.45, 2.75) is 82.4 Å². The number of aliphatic carboxylic acids is 1. The molecular weight excluding hydrogens is 1040 g/mol. The summed E-state index contributed by atoms with van der Waals surface area (Å²) in [7, 11) is 7.73. The van der Waals surface area contributed by atoms with E-state index < -0.39 is 42.5 Å². The van der Waals surface area contributed by atoms with Gasteiger partial charge in [-0.3, -0.25) is 19.2 Å². The standard InChI is InChI=1S/C64H66N2O15/c1-74-52-28-22-38(30-54(52)75-2)21-27-51(81-64(73)49-20-11-12-29-66(49)63(72)59(39-14-7-6-8-15-39)42-32-55(76-3)62(78-5)56(33-42)77-4)41-17-13-18-44(31-41)79-37-57(69)65-36-48-50(68)26-25-47-60(45-19-10-9-16-40(45)34-58(70)71)46-24-23-43(67)35-53(46)80-61(47)48/h7,9-10,13-14,16-19,22-26,28,30-33,35,39,49,51,59,68H,6,8,11-12,15,20-21,27,29,34,36-37H2,1-5H3,(H,65,69)(H,70,71). The van der Waals surface area contributed by atoms with Crippen LogP contribution in [0.15, 0.2) is 131 Å². The number of carboxylic acids is 1. The first-order valence-corrected chi connectivity index (χ1v) is 27.0. The Labute approximate surface area is 469 Å². The van der Waals surface area contributed by atoms with Crippen LogP contribution in [0, 0.1) is 5.92 Å². The third-order valence-electron chi connectivity index (χ3n) is 15.1. The molecule has 4 aliphatic rings. The fourth-order valence-corrected chi connectivity index (χ4v) is 11.1. The Balaban J connectivity index is 0.965. The fourth-order valence-electron chi connectivity index (χ4n) is 11.1. The first kappa shape index (κ1) is 56.7. The molecule has 1 saturated heterocycles. The van der Waals surface area contributed by atoms with E-state index in [1.807, 2.05) is 36.4 Å². The summed E-state index contributed by atoms with van der Waals surface area (Å²) in [5.74, 6) is -0.425. The quantitative estimate of drug-likeness (QED) is 0.0327. The van der Waals surface area contributed by atoms with E-state index in [2.05, 4.69) is 17.5 Å². The number of methoxy groups -OCH3 is 5. The highest BCUT2D eigenvalue weighted by Crippen LogP contribution is 2.46. The van der Waals surface area contributed by atoms with Crippen LogP contribution in [-0.4, -0.2) is 93.6 Å². The van der Waals surface area contributed by atoms with Crippen molar-refractivity contribution in [2.75, 3.05) is 48.7 Å². The Bertz CT molecular complexity index is 3470. The van der Waals surface area contributed by atoms with Gasteiger partial charge in [0.05, 0.1) is 60.0 Å². The minimum Gasteiger partial charge on any atom is -0.507 e. The first-order valence-electron chi connectivity index (χ1n) is 27.0. The van der Waals surface area contributed by atoms with Crippen molar-refractivity contribution in [1.82, 2.24) is 10.2 Å². The maximum absolute atomic E-state index is 15.2. The van der Waals surface area contributed by atoms with Crippen molar-refractivity contribution < 1.29 is 67.0 Å². The predicted molar refractivity (Wildman–Crippen MR) is 303 cm³/mol. The summed E-state index contributed by atoms with van der Waals surface area (Å²) in [6.45, 7) is -0.292. The smallest absolute Gasteiger partial charge is 0.329 e. The van der Waals surface area contributed by atoms with Gasteiger partial charge < -0.3 is 58.0 Å².